The van der Waals surface area contributed by atoms with Gasteiger partial charge in [0.2, 0.25) is 0 Å². The summed E-state index contributed by atoms with van der Waals surface area (Å²) >= 11 is 3.49. The van der Waals surface area contributed by atoms with Crippen LogP contribution >= 0.6 is 15.9 Å². The van der Waals surface area contributed by atoms with Gasteiger partial charge in [0.15, 0.2) is 11.5 Å². The van der Waals surface area contributed by atoms with E-state index < -0.39 is 6.04 Å². The van der Waals surface area contributed by atoms with Crippen LogP contribution in [-0.2, 0) is 19.1 Å². The van der Waals surface area contributed by atoms with Gasteiger partial charge in [0.05, 0.1) is 23.6 Å². The van der Waals surface area contributed by atoms with Crippen LogP contribution < -0.4 is 0 Å². The highest BCUT2D eigenvalue weighted by Gasteiger charge is 2.53. The summed E-state index contributed by atoms with van der Waals surface area (Å²) < 4.78 is 13.1. The van der Waals surface area contributed by atoms with Crippen LogP contribution in [0.15, 0.2) is 40.1 Å². The molecule has 1 aliphatic carbocycles. The van der Waals surface area contributed by atoms with Crippen molar-refractivity contribution in [2.24, 2.45) is 17.8 Å². The van der Waals surface area contributed by atoms with Gasteiger partial charge < -0.3 is 14.4 Å². The van der Waals surface area contributed by atoms with Crippen molar-refractivity contribution in [2.45, 2.75) is 57.8 Å². The molecule has 1 saturated heterocycles. The predicted octanol–water partition coefficient (Wildman–Crippen LogP) is 4.42. The average molecular weight is 474 g/mol. The van der Waals surface area contributed by atoms with E-state index >= 15 is 0 Å². The van der Waals surface area contributed by atoms with Gasteiger partial charge in [-0.25, -0.2) is 0 Å². The largest absolute Gasteiger partial charge is 0.483 e. The van der Waals surface area contributed by atoms with E-state index in [2.05, 4.69) is 29.8 Å². The van der Waals surface area contributed by atoms with Gasteiger partial charge in [0.25, 0.3) is 5.91 Å². The van der Waals surface area contributed by atoms with Crippen LogP contribution in [0.2, 0.25) is 0 Å². The van der Waals surface area contributed by atoms with Crippen molar-refractivity contribution in [3.63, 3.8) is 0 Å². The zero-order valence-corrected chi connectivity index (χ0v) is 19.1. The number of Topliss-reactive ketones (excluding diaryl/α,β-unsaturated/α-hetero) is 1. The molecule has 6 heteroatoms. The Morgan fingerprint density at radius 1 is 1.10 bits per heavy atom. The van der Waals surface area contributed by atoms with E-state index in [0.717, 1.165) is 42.3 Å². The molecule has 3 heterocycles. The van der Waals surface area contributed by atoms with Gasteiger partial charge in [-0.2, -0.15) is 0 Å². The molecule has 0 N–H and O–H groups in total. The number of fused-ring (bicyclic) bond motifs is 1. The summed E-state index contributed by atoms with van der Waals surface area (Å²) in [5, 5.41) is 0. The molecule has 0 bridgehead atoms. The number of nitrogens with zero attached hydrogens (tertiary/aromatic N) is 1. The molecule has 3 aliphatic heterocycles. The second-order valence-electron chi connectivity index (χ2n) is 9.34. The zero-order chi connectivity index (χ0) is 21.0. The SMILES string of the molecule is CC1CC2OC3=C(C(=O)C2CC1C)C(c1ccc(Br)cc1)N(CC1CCCO1)C3=O. The van der Waals surface area contributed by atoms with Gasteiger partial charge in [-0.05, 0) is 55.2 Å². The molecule has 6 unspecified atom stereocenters. The van der Waals surface area contributed by atoms with Crippen molar-refractivity contribution >= 4 is 27.6 Å². The van der Waals surface area contributed by atoms with Crippen molar-refractivity contribution < 1.29 is 19.1 Å². The number of hydrogen-bond acceptors (Lipinski definition) is 4. The number of benzene rings is 1. The molecule has 0 spiro atoms. The highest BCUT2D eigenvalue weighted by Crippen LogP contribution is 2.48. The third kappa shape index (κ3) is 3.32. The Morgan fingerprint density at radius 3 is 2.53 bits per heavy atom. The molecule has 30 heavy (non-hydrogen) atoms. The minimum atomic E-state index is -0.395. The van der Waals surface area contributed by atoms with Crippen LogP contribution in [0.4, 0.5) is 0 Å². The average Bonchev–Trinajstić information content (AvgIpc) is 3.33. The summed E-state index contributed by atoms with van der Waals surface area (Å²) in [7, 11) is 0. The van der Waals surface area contributed by atoms with Crippen molar-refractivity contribution in [3.8, 4) is 0 Å². The first kappa shape index (κ1) is 20.3. The van der Waals surface area contributed by atoms with Crippen molar-refractivity contribution in [1.82, 2.24) is 4.90 Å². The summed E-state index contributed by atoms with van der Waals surface area (Å²) in [6.45, 7) is 5.65. The number of amides is 1. The molecule has 0 radical (unpaired) electrons. The number of hydrogen-bond donors (Lipinski definition) is 0. The molecule has 5 rings (SSSR count). The summed E-state index contributed by atoms with van der Waals surface area (Å²) in [4.78, 5) is 29.0. The van der Waals surface area contributed by atoms with E-state index in [9.17, 15) is 9.59 Å². The van der Waals surface area contributed by atoms with E-state index in [1.807, 2.05) is 29.2 Å². The van der Waals surface area contributed by atoms with Crippen LogP contribution in [0.25, 0.3) is 0 Å². The van der Waals surface area contributed by atoms with Crippen molar-refractivity contribution in [2.75, 3.05) is 13.2 Å². The minimum absolute atomic E-state index is 0.0191. The van der Waals surface area contributed by atoms with Crippen molar-refractivity contribution in [3.05, 3.63) is 45.6 Å². The Balaban J connectivity index is 1.54. The molecule has 5 nitrogen and oxygen atoms in total. The quantitative estimate of drug-likeness (QED) is 0.651. The molecular formula is C24H28BrNO4. The van der Waals surface area contributed by atoms with Gasteiger partial charge in [-0.1, -0.05) is 41.9 Å². The number of ketones is 1. The zero-order valence-electron chi connectivity index (χ0n) is 17.5. The fraction of sp³-hybridized carbons (Fsp3) is 0.583. The number of carbonyl (C=O) groups is 2. The second kappa shape index (κ2) is 7.79. The third-order valence-electron chi connectivity index (χ3n) is 7.42. The Morgan fingerprint density at radius 2 is 1.83 bits per heavy atom. The molecular weight excluding hydrogens is 446 g/mol. The van der Waals surface area contributed by atoms with Gasteiger partial charge in [-0.3, -0.25) is 9.59 Å². The van der Waals surface area contributed by atoms with Crippen LogP contribution in [0.5, 0.6) is 0 Å². The Bertz CT molecular complexity index is 889. The lowest BCUT2D eigenvalue weighted by atomic mass is 9.70. The van der Waals surface area contributed by atoms with Crippen molar-refractivity contribution in [1.29, 1.82) is 0 Å². The summed E-state index contributed by atoms with van der Waals surface area (Å²) in [6.07, 6.45) is 3.45. The molecule has 160 valence electrons. The fourth-order valence-corrected chi connectivity index (χ4v) is 5.76. The standard InChI is InChI=1S/C24H28BrNO4/c1-13-10-18-19(11-14(13)2)30-23-20(22(18)27)21(15-5-7-16(25)8-6-15)26(24(23)28)12-17-4-3-9-29-17/h5-8,13-14,17-19,21H,3-4,9-12H2,1-2H3. The number of rotatable bonds is 3. The number of halogens is 1. The van der Waals surface area contributed by atoms with Gasteiger partial charge in [-0.15, -0.1) is 0 Å². The number of ether oxygens (including phenoxy) is 2. The van der Waals surface area contributed by atoms with E-state index in [1.54, 1.807) is 0 Å². The summed E-state index contributed by atoms with van der Waals surface area (Å²) in [5.74, 6) is 1.05. The van der Waals surface area contributed by atoms with Crippen LogP contribution in [-0.4, -0.2) is 41.9 Å². The summed E-state index contributed by atoms with van der Waals surface area (Å²) in [5.41, 5.74) is 1.51. The van der Waals surface area contributed by atoms with E-state index in [-0.39, 0.29) is 35.6 Å². The monoisotopic (exact) mass is 473 g/mol. The molecule has 1 aromatic rings. The predicted molar refractivity (Wildman–Crippen MR) is 116 cm³/mol. The maximum atomic E-state index is 13.7. The molecule has 2 fully saturated rings. The second-order valence-corrected chi connectivity index (χ2v) is 10.3. The van der Waals surface area contributed by atoms with Gasteiger partial charge in [0, 0.05) is 17.6 Å². The Labute approximate surface area is 185 Å². The Hall–Kier alpha value is -1.66. The first-order chi connectivity index (χ1) is 14.4. The van der Waals surface area contributed by atoms with Gasteiger partial charge >= 0.3 is 0 Å². The first-order valence-electron chi connectivity index (χ1n) is 11.1. The molecule has 6 atom stereocenters. The highest BCUT2D eigenvalue weighted by atomic mass is 79.9. The topological polar surface area (TPSA) is 55.8 Å². The fourth-order valence-electron chi connectivity index (χ4n) is 5.50. The highest BCUT2D eigenvalue weighted by molar-refractivity contribution is 9.10. The molecule has 4 aliphatic rings. The minimum Gasteiger partial charge on any atom is -0.483 e. The molecule has 1 amide bonds. The van der Waals surface area contributed by atoms with E-state index in [1.165, 1.54) is 0 Å². The van der Waals surface area contributed by atoms with Gasteiger partial charge in [0.1, 0.15) is 6.10 Å². The van der Waals surface area contributed by atoms with E-state index in [4.69, 9.17) is 9.47 Å². The summed E-state index contributed by atoms with van der Waals surface area (Å²) in [6, 6.07) is 7.51. The maximum absolute atomic E-state index is 13.7. The van der Waals surface area contributed by atoms with E-state index in [0.29, 0.717) is 24.0 Å². The number of carbonyl (C=O) groups excluding carboxylic acids is 2. The molecule has 1 aromatic carbocycles. The lowest BCUT2D eigenvalue weighted by Gasteiger charge is -2.40. The third-order valence-corrected chi connectivity index (χ3v) is 7.95. The smallest absolute Gasteiger partial charge is 0.290 e. The normalized spacial score (nSPS) is 36.0. The molecule has 0 aromatic heterocycles. The van der Waals surface area contributed by atoms with Crippen LogP contribution in [0.3, 0.4) is 0 Å². The lowest BCUT2D eigenvalue weighted by molar-refractivity contribution is -0.138. The lowest BCUT2D eigenvalue weighted by Crippen LogP contribution is -2.43. The molecule has 1 saturated carbocycles. The Kier molecular flexibility index (Phi) is 5.26. The maximum Gasteiger partial charge on any atom is 0.290 e. The van der Waals surface area contributed by atoms with Crippen LogP contribution in [0.1, 0.15) is 51.1 Å². The first-order valence-corrected chi connectivity index (χ1v) is 11.9. The van der Waals surface area contributed by atoms with Crippen LogP contribution in [0, 0.1) is 17.8 Å².